The lowest BCUT2D eigenvalue weighted by Gasteiger charge is -2.31. The molecule has 1 aromatic rings. The molecule has 0 heterocycles. The smallest absolute Gasteiger partial charge is 0.0113 e. The second-order valence-corrected chi connectivity index (χ2v) is 5.62. The number of hydrogen-bond donors (Lipinski definition) is 0. The fourth-order valence-electron chi connectivity index (χ4n) is 2.19. The standard InChI is InChI=1S/C15H24/c1-6-7-14(15(3,4)5)13-10-8-12(2)9-11-13/h8-11,14H,6-7H2,1-5H3. The predicted molar refractivity (Wildman–Crippen MR) is 68.3 cm³/mol. The summed E-state index contributed by atoms with van der Waals surface area (Å²) < 4.78 is 0. The van der Waals surface area contributed by atoms with Crippen molar-refractivity contribution in [3.8, 4) is 0 Å². The molecule has 0 bridgehead atoms. The lowest BCUT2D eigenvalue weighted by Crippen LogP contribution is -2.18. The Morgan fingerprint density at radius 3 is 2.00 bits per heavy atom. The van der Waals surface area contributed by atoms with Gasteiger partial charge in [0.05, 0.1) is 0 Å². The minimum absolute atomic E-state index is 0.366. The van der Waals surface area contributed by atoms with Crippen LogP contribution >= 0.6 is 0 Å². The number of aryl methyl sites for hydroxylation is 1. The Labute approximate surface area is 94.7 Å². The van der Waals surface area contributed by atoms with Crippen LogP contribution in [0.4, 0.5) is 0 Å². The molecule has 0 aliphatic heterocycles. The molecule has 1 aromatic carbocycles. The van der Waals surface area contributed by atoms with Crippen LogP contribution in [-0.4, -0.2) is 0 Å². The molecule has 1 unspecified atom stereocenters. The zero-order chi connectivity index (χ0) is 11.5. The summed E-state index contributed by atoms with van der Waals surface area (Å²) in [5.41, 5.74) is 3.21. The van der Waals surface area contributed by atoms with Crippen molar-refractivity contribution in [2.24, 2.45) is 5.41 Å². The predicted octanol–water partition coefficient (Wildman–Crippen LogP) is 4.92. The summed E-state index contributed by atoms with van der Waals surface area (Å²) in [4.78, 5) is 0. The van der Waals surface area contributed by atoms with E-state index in [-0.39, 0.29) is 0 Å². The third-order valence-electron chi connectivity index (χ3n) is 3.10. The van der Waals surface area contributed by atoms with E-state index >= 15 is 0 Å². The lowest BCUT2D eigenvalue weighted by atomic mass is 9.74. The van der Waals surface area contributed by atoms with E-state index in [0.29, 0.717) is 11.3 Å². The first-order valence-corrected chi connectivity index (χ1v) is 6.01. The van der Waals surface area contributed by atoms with Gasteiger partial charge in [0.25, 0.3) is 0 Å². The molecule has 0 aliphatic rings. The largest absolute Gasteiger partial charge is 0.0654 e. The summed E-state index contributed by atoms with van der Waals surface area (Å²) in [7, 11) is 0. The van der Waals surface area contributed by atoms with Gasteiger partial charge in [0.1, 0.15) is 0 Å². The molecule has 0 saturated carbocycles. The maximum absolute atomic E-state index is 2.34. The summed E-state index contributed by atoms with van der Waals surface area (Å²) in [5.74, 6) is 0.683. The third kappa shape index (κ3) is 3.37. The van der Waals surface area contributed by atoms with Gasteiger partial charge in [-0.3, -0.25) is 0 Å². The van der Waals surface area contributed by atoms with E-state index in [0.717, 1.165) is 0 Å². The van der Waals surface area contributed by atoms with Crippen LogP contribution in [-0.2, 0) is 0 Å². The number of benzene rings is 1. The van der Waals surface area contributed by atoms with Crippen LogP contribution in [0, 0.1) is 12.3 Å². The van der Waals surface area contributed by atoms with Gasteiger partial charge in [-0.05, 0) is 30.2 Å². The molecule has 84 valence electrons. The molecule has 0 saturated heterocycles. The van der Waals surface area contributed by atoms with E-state index in [2.05, 4.69) is 58.9 Å². The average molecular weight is 204 g/mol. The van der Waals surface area contributed by atoms with Crippen LogP contribution in [0.1, 0.15) is 57.6 Å². The van der Waals surface area contributed by atoms with Gasteiger partial charge in [-0.15, -0.1) is 0 Å². The average Bonchev–Trinajstić information content (AvgIpc) is 2.14. The summed E-state index contributed by atoms with van der Waals surface area (Å²) in [5, 5.41) is 0. The number of hydrogen-bond acceptors (Lipinski definition) is 0. The van der Waals surface area contributed by atoms with E-state index in [9.17, 15) is 0 Å². The van der Waals surface area contributed by atoms with Crippen molar-refractivity contribution in [3.63, 3.8) is 0 Å². The molecule has 0 amide bonds. The fourth-order valence-corrected chi connectivity index (χ4v) is 2.19. The van der Waals surface area contributed by atoms with E-state index in [1.54, 1.807) is 0 Å². The summed E-state index contributed by atoms with van der Waals surface area (Å²) >= 11 is 0. The van der Waals surface area contributed by atoms with Crippen LogP contribution < -0.4 is 0 Å². The SMILES string of the molecule is CCCC(c1ccc(C)cc1)C(C)(C)C. The van der Waals surface area contributed by atoms with Gasteiger partial charge in [0.15, 0.2) is 0 Å². The maximum atomic E-state index is 2.34. The second-order valence-electron chi connectivity index (χ2n) is 5.62. The molecule has 0 N–H and O–H groups in total. The third-order valence-corrected chi connectivity index (χ3v) is 3.10. The van der Waals surface area contributed by atoms with Gasteiger partial charge < -0.3 is 0 Å². The van der Waals surface area contributed by atoms with Gasteiger partial charge in [0.2, 0.25) is 0 Å². The van der Waals surface area contributed by atoms with Crippen molar-refractivity contribution >= 4 is 0 Å². The van der Waals surface area contributed by atoms with Gasteiger partial charge in [-0.1, -0.05) is 63.9 Å². The quantitative estimate of drug-likeness (QED) is 0.655. The normalized spacial score (nSPS) is 13.9. The van der Waals surface area contributed by atoms with Crippen LogP contribution in [0.15, 0.2) is 24.3 Å². The highest BCUT2D eigenvalue weighted by molar-refractivity contribution is 5.25. The minimum Gasteiger partial charge on any atom is -0.0654 e. The van der Waals surface area contributed by atoms with Crippen LogP contribution in [0.5, 0.6) is 0 Å². The Morgan fingerprint density at radius 2 is 1.60 bits per heavy atom. The molecule has 1 rings (SSSR count). The van der Waals surface area contributed by atoms with Crippen molar-refractivity contribution in [1.29, 1.82) is 0 Å². The first-order chi connectivity index (χ1) is 6.95. The Balaban J connectivity index is 2.94. The monoisotopic (exact) mass is 204 g/mol. The van der Waals surface area contributed by atoms with Crippen LogP contribution in [0.3, 0.4) is 0 Å². The molecular formula is C15H24. The molecule has 0 aromatic heterocycles. The maximum Gasteiger partial charge on any atom is -0.0113 e. The summed E-state index contributed by atoms with van der Waals surface area (Å²) in [6, 6.07) is 9.04. The molecule has 0 heteroatoms. The number of rotatable bonds is 3. The van der Waals surface area contributed by atoms with Crippen molar-refractivity contribution < 1.29 is 0 Å². The highest BCUT2D eigenvalue weighted by atomic mass is 14.3. The first kappa shape index (κ1) is 12.3. The highest BCUT2D eigenvalue weighted by Crippen LogP contribution is 2.38. The van der Waals surface area contributed by atoms with Crippen molar-refractivity contribution in [2.75, 3.05) is 0 Å². The van der Waals surface area contributed by atoms with E-state index in [4.69, 9.17) is 0 Å². The van der Waals surface area contributed by atoms with Crippen LogP contribution in [0.25, 0.3) is 0 Å². The Bertz CT molecular complexity index is 287. The van der Waals surface area contributed by atoms with Gasteiger partial charge in [-0.2, -0.15) is 0 Å². The van der Waals surface area contributed by atoms with Gasteiger partial charge in [-0.25, -0.2) is 0 Å². The molecule has 1 atom stereocenters. The Kier molecular flexibility index (Phi) is 3.96. The highest BCUT2D eigenvalue weighted by Gasteiger charge is 2.24. The zero-order valence-electron chi connectivity index (χ0n) is 10.8. The first-order valence-electron chi connectivity index (χ1n) is 6.01. The molecule has 0 nitrogen and oxygen atoms in total. The fraction of sp³-hybridized carbons (Fsp3) is 0.600. The van der Waals surface area contributed by atoms with Crippen molar-refractivity contribution in [3.05, 3.63) is 35.4 Å². The van der Waals surface area contributed by atoms with E-state index in [1.165, 1.54) is 24.0 Å². The molecule has 0 radical (unpaired) electrons. The van der Waals surface area contributed by atoms with Gasteiger partial charge in [0, 0.05) is 0 Å². The Hall–Kier alpha value is -0.780. The summed E-state index contributed by atoms with van der Waals surface area (Å²) in [6.07, 6.45) is 2.54. The van der Waals surface area contributed by atoms with Gasteiger partial charge >= 0.3 is 0 Å². The van der Waals surface area contributed by atoms with E-state index in [1.807, 2.05) is 0 Å². The lowest BCUT2D eigenvalue weighted by molar-refractivity contribution is 0.303. The molecule has 0 spiro atoms. The Morgan fingerprint density at radius 1 is 1.07 bits per heavy atom. The summed E-state index contributed by atoms with van der Waals surface area (Å²) in [6.45, 7) is 11.4. The molecular weight excluding hydrogens is 180 g/mol. The van der Waals surface area contributed by atoms with Crippen molar-refractivity contribution in [2.45, 2.75) is 53.4 Å². The molecule has 0 fully saturated rings. The topological polar surface area (TPSA) is 0 Å². The molecule has 0 aliphatic carbocycles. The molecule has 15 heavy (non-hydrogen) atoms. The van der Waals surface area contributed by atoms with E-state index < -0.39 is 0 Å². The van der Waals surface area contributed by atoms with Crippen molar-refractivity contribution in [1.82, 2.24) is 0 Å². The minimum atomic E-state index is 0.366. The zero-order valence-corrected chi connectivity index (χ0v) is 10.8. The van der Waals surface area contributed by atoms with Crippen LogP contribution in [0.2, 0.25) is 0 Å². The second kappa shape index (κ2) is 4.83.